The molecule has 31 heavy (non-hydrogen) atoms. The molecule has 1 N–H and O–H groups in total. The molecule has 4 aromatic rings. The van der Waals surface area contributed by atoms with Crippen molar-refractivity contribution >= 4 is 44.9 Å². The van der Waals surface area contributed by atoms with Gasteiger partial charge in [-0.3, -0.25) is 4.79 Å². The van der Waals surface area contributed by atoms with Gasteiger partial charge in [0, 0.05) is 17.0 Å². The Labute approximate surface area is 188 Å². The minimum atomic E-state index is -0.391. The maximum absolute atomic E-state index is 12.9. The second kappa shape index (κ2) is 9.36. The van der Waals surface area contributed by atoms with Crippen molar-refractivity contribution in [2.24, 2.45) is 0 Å². The summed E-state index contributed by atoms with van der Waals surface area (Å²) in [6.45, 7) is 1.86. The van der Waals surface area contributed by atoms with Crippen LogP contribution in [0.15, 0.2) is 65.3 Å². The summed E-state index contributed by atoms with van der Waals surface area (Å²) in [4.78, 5) is 22.7. The number of thiophene rings is 1. The number of thioether (sulfide) groups is 1. The highest BCUT2D eigenvalue weighted by atomic mass is 32.2. The van der Waals surface area contributed by atoms with Crippen molar-refractivity contribution in [3.8, 4) is 22.6 Å². The van der Waals surface area contributed by atoms with Crippen LogP contribution in [0.25, 0.3) is 21.3 Å². The molecule has 0 saturated carbocycles. The maximum Gasteiger partial charge on any atom is 0.237 e. The number of fused-ring (bicyclic) bond motifs is 1. The van der Waals surface area contributed by atoms with Crippen molar-refractivity contribution in [3.05, 3.63) is 60.2 Å². The van der Waals surface area contributed by atoms with Gasteiger partial charge in [-0.2, -0.15) is 0 Å². The fourth-order valence-electron chi connectivity index (χ4n) is 3.13. The molecular weight excluding hydrogens is 430 g/mol. The van der Waals surface area contributed by atoms with Gasteiger partial charge < -0.3 is 14.8 Å². The zero-order valence-corrected chi connectivity index (χ0v) is 18.9. The molecule has 0 radical (unpaired) electrons. The van der Waals surface area contributed by atoms with Gasteiger partial charge in [0.2, 0.25) is 5.91 Å². The number of nitrogens with zero attached hydrogens (tertiary/aromatic N) is 2. The van der Waals surface area contributed by atoms with E-state index in [2.05, 4.69) is 32.8 Å². The van der Waals surface area contributed by atoms with Gasteiger partial charge in [0.25, 0.3) is 0 Å². The molecule has 0 aliphatic carbocycles. The molecule has 158 valence electrons. The third-order valence-corrected chi connectivity index (χ3v) is 6.73. The molecule has 4 rings (SSSR count). The number of rotatable bonds is 7. The smallest absolute Gasteiger partial charge is 0.237 e. The minimum absolute atomic E-state index is 0.153. The molecule has 6 nitrogen and oxygen atoms in total. The van der Waals surface area contributed by atoms with Crippen LogP contribution in [0.2, 0.25) is 0 Å². The highest BCUT2D eigenvalue weighted by Gasteiger charge is 2.21. The van der Waals surface area contributed by atoms with Crippen molar-refractivity contribution in [2.75, 3.05) is 19.5 Å². The van der Waals surface area contributed by atoms with E-state index in [1.807, 2.05) is 25.1 Å². The van der Waals surface area contributed by atoms with Gasteiger partial charge in [-0.15, -0.1) is 11.3 Å². The molecule has 1 unspecified atom stereocenters. The van der Waals surface area contributed by atoms with Gasteiger partial charge >= 0.3 is 0 Å². The fraction of sp³-hybridized carbons (Fsp3) is 0.174. The highest BCUT2D eigenvalue weighted by molar-refractivity contribution is 8.00. The lowest BCUT2D eigenvalue weighted by Crippen LogP contribution is -2.22. The number of amides is 1. The lowest BCUT2D eigenvalue weighted by Gasteiger charge is -2.15. The zero-order valence-electron chi connectivity index (χ0n) is 17.3. The third kappa shape index (κ3) is 4.50. The van der Waals surface area contributed by atoms with Crippen molar-refractivity contribution in [2.45, 2.75) is 17.2 Å². The molecule has 0 aliphatic rings. The van der Waals surface area contributed by atoms with E-state index in [0.717, 1.165) is 26.4 Å². The summed E-state index contributed by atoms with van der Waals surface area (Å²) in [5.41, 5.74) is 2.74. The van der Waals surface area contributed by atoms with Crippen molar-refractivity contribution in [1.29, 1.82) is 0 Å². The molecule has 1 atom stereocenters. The molecule has 1 amide bonds. The van der Waals surface area contributed by atoms with E-state index in [1.54, 1.807) is 50.1 Å². The minimum Gasteiger partial charge on any atom is -0.497 e. The predicted octanol–water partition coefficient (Wildman–Crippen LogP) is 5.49. The van der Waals surface area contributed by atoms with Crippen LogP contribution in [0, 0.1) is 0 Å². The Balaban J connectivity index is 1.60. The molecule has 0 saturated heterocycles. The van der Waals surface area contributed by atoms with Gasteiger partial charge in [-0.1, -0.05) is 42.1 Å². The van der Waals surface area contributed by atoms with Gasteiger partial charge in [0.1, 0.15) is 27.7 Å². The number of hydrogen-bond donors (Lipinski definition) is 1. The number of nitrogens with one attached hydrogen (secondary N) is 1. The van der Waals surface area contributed by atoms with Crippen LogP contribution < -0.4 is 14.8 Å². The molecule has 0 spiro atoms. The van der Waals surface area contributed by atoms with E-state index >= 15 is 0 Å². The van der Waals surface area contributed by atoms with E-state index in [9.17, 15) is 4.79 Å². The van der Waals surface area contributed by atoms with E-state index < -0.39 is 5.25 Å². The number of carbonyl (C=O) groups is 1. The van der Waals surface area contributed by atoms with Gasteiger partial charge in [-0.05, 0) is 24.6 Å². The van der Waals surface area contributed by atoms with Crippen LogP contribution in [0.5, 0.6) is 11.5 Å². The van der Waals surface area contributed by atoms with Crippen LogP contribution in [-0.2, 0) is 4.79 Å². The number of aromatic nitrogens is 2. The first-order valence-corrected chi connectivity index (χ1v) is 11.3. The van der Waals surface area contributed by atoms with Gasteiger partial charge in [0.15, 0.2) is 0 Å². The molecule has 0 bridgehead atoms. The van der Waals surface area contributed by atoms with Crippen LogP contribution in [0.3, 0.4) is 0 Å². The summed E-state index contributed by atoms with van der Waals surface area (Å²) in [6.07, 6.45) is 1.55. The number of benzene rings is 2. The van der Waals surface area contributed by atoms with Crippen LogP contribution in [-0.4, -0.2) is 35.3 Å². The summed E-state index contributed by atoms with van der Waals surface area (Å²) in [6, 6.07) is 15.4. The summed E-state index contributed by atoms with van der Waals surface area (Å²) in [7, 11) is 3.15. The lowest BCUT2D eigenvalue weighted by molar-refractivity contribution is -0.115. The normalized spacial score (nSPS) is 11.8. The highest BCUT2D eigenvalue weighted by Crippen LogP contribution is 2.39. The van der Waals surface area contributed by atoms with Crippen LogP contribution in [0.1, 0.15) is 6.92 Å². The summed E-state index contributed by atoms with van der Waals surface area (Å²) in [5, 5.41) is 6.39. The average molecular weight is 452 g/mol. The first kappa shape index (κ1) is 21.1. The topological polar surface area (TPSA) is 73.3 Å². The molecule has 0 fully saturated rings. The standard InChI is InChI=1S/C23H21N3O3S2/c1-14(21(27)26-18-11-16(28-2)9-10-19(18)29-3)31-23-20-17(15-7-5-4-6-8-15)12-30-22(20)24-13-25-23/h4-14H,1-3H3,(H,26,27). The Morgan fingerprint density at radius 3 is 2.65 bits per heavy atom. The first-order valence-electron chi connectivity index (χ1n) is 9.58. The van der Waals surface area contributed by atoms with Crippen molar-refractivity contribution in [1.82, 2.24) is 9.97 Å². The quantitative estimate of drug-likeness (QED) is 0.296. The second-order valence-corrected chi connectivity index (χ2v) is 8.88. The molecule has 2 heterocycles. The number of carbonyl (C=O) groups excluding carboxylic acids is 1. The molecular formula is C23H21N3O3S2. The average Bonchev–Trinajstić information content (AvgIpc) is 3.24. The second-order valence-electron chi connectivity index (χ2n) is 6.69. The summed E-state index contributed by atoms with van der Waals surface area (Å²) < 4.78 is 10.6. The molecule has 2 aromatic carbocycles. The predicted molar refractivity (Wildman–Crippen MR) is 126 cm³/mol. The fourth-order valence-corrected chi connectivity index (χ4v) is 5.05. The van der Waals surface area contributed by atoms with E-state index in [4.69, 9.17) is 9.47 Å². The first-order chi connectivity index (χ1) is 15.1. The maximum atomic E-state index is 12.9. The summed E-state index contributed by atoms with van der Waals surface area (Å²) in [5.74, 6) is 1.06. The number of hydrogen-bond acceptors (Lipinski definition) is 7. The number of ether oxygens (including phenoxy) is 2. The van der Waals surface area contributed by atoms with E-state index in [0.29, 0.717) is 17.2 Å². The lowest BCUT2D eigenvalue weighted by atomic mass is 10.1. The summed E-state index contributed by atoms with van der Waals surface area (Å²) >= 11 is 2.98. The monoisotopic (exact) mass is 451 g/mol. The Kier molecular flexibility index (Phi) is 6.39. The number of methoxy groups -OCH3 is 2. The molecule has 0 aliphatic heterocycles. The Hall–Kier alpha value is -3.10. The number of anilines is 1. The molecule has 2 aromatic heterocycles. The largest absolute Gasteiger partial charge is 0.497 e. The Morgan fingerprint density at radius 2 is 1.90 bits per heavy atom. The zero-order chi connectivity index (χ0) is 21.8. The Bertz CT molecular complexity index is 1210. The molecule has 8 heteroatoms. The third-order valence-electron chi connectivity index (χ3n) is 4.74. The van der Waals surface area contributed by atoms with E-state index in [1.165, 1.54) is 11.8 Å². The van der Waals surface area contributed by atoms with Gasteiger partial charge in [-0.25, -0.2) is 9.97 Å². The van der Waals surface area contributed by atoms with Crippen molar-refractivity contribution < 1.29 is 14.3 Å². The van der Waals surface area contributed by atoms with E-state index in [-0.39, 0.29) is 5.91 Å². The van der Waals surface area contributed by atoms with Gasteiger partial charge in [0.05, 0.1) is 30.5 Å². The SMILES string of the molecule is COc1ccc(OC)c(NC(=O)C(C)Sc2ncnc3scc(-c4ccccc4)c23)c1. The van der Waals surface area contributed by atoms with Crippen LogP contribution in [0.4, 0.5) is 5.69 Å². The van der Waals surface area contributed by atoms with Crippen molar-refractivity contribution in [3.63, 3.8) is 0 Å². The Morgan fingerprint density at radius 1 is 1.10 bits per heavy atom. The van der Waals surface area contributed by atoms with Crippen LogP contribution >= 0.6 is 23.1 Å².